The van der Waals surface area contributed by atoms with E-state index >= 15 is 0 Å². The number of carbonyl (C=O) groups excluding carboxylic acids is 4. The molecular weight excluding hydrogens is 697 g/mol. The fraction of sp³-hybridized carbons (Fsp3) is 0.409. The average molecular weight is 749 g/mol. The molecule has 1 amide bonds. The zero-order chi connectivity index (χ0) is 39.8. The van der Waals surface area contributed by atoms with Crippen LogP contribution in [0.4, 0.5) is 5.69 Å². The summed E-state index contributed by atoms with van der Waals surface area (Å²) in [7, 11) is 0. The minimum atomic E-state index is -0.828. The lowest BCUT2D eigenvalue weighted by Crippen LogP contribution is -2.35. The lowest BCUT2D eigenvalue weighted by atomic mass is 9.92. The minimum Gasteiger partial charge on any atom is -0.460 e. The van der Waals surface area contributed by atoms with Gasteiger partial charge in [0.1, 0.15) is 25.6 Å². The van der Waals surface area contributed by atoms with Crippen molar-refractivity contribution in [2.75, 3.05) is 24.5 Å². The number of benzene rings is 3. The molecule has 0 spiro atoms. The number of carbonyl (C=O) groups is 4. The van der Waals surface area contributed by atoms with Crippen LogP contribution in [-0.4, -0.2) is 53.4 Å². The van der Waals surface area contributed by atoms with Crippen molar-refractivity contribution in [2.24, 2.45) is 16.7 Å². The highest BCUT2D eigenvalue weighted by Crippen LogP contribution is 2.30. The Morgan fingerprint density at radius 2 is 1.29 bits per heavy atom. The molecule has 3 aromatic carbocycles. The molecule has 2 heterocycles. The number of aromatic nitrogens is 2. The van der Waals surface area contributed by atoms with E-state index in [-0.39, 0.29) is 43.1 Å². The standard InChI is InChI=1S/C44H52N4O7/c1-29-39(55-42(52)44(5,6)7)38(40(50)45-26-37(49)53-27-31-11-9-8-10-12-31)47-36(46-29)25-30-21-23-48(24-22-30)35-19-17-34(18-20-35)33-15-13-32(14-16-33)28-54-41(51)43(2,3)4/h8-20,30H,21-28H2,1-7H3,(H,45,50). The summed E-state index contributed by atoms with van der Waals surface area (Å²) < 4.78 is 16.4. The van der Waals surface area contributed by atoms with Crippen LogP contribution < -0.4 is 15.0 Å². The van der Waals surface area contributed by atoms with E-state index in [1.165, 1.54) is 0 Å². The third-order valence-corrected chi connectivity index (χ3v) is 9.33. The Morgan fingerprint density at radius 3 is 1.89 bits per heavy atom. The number of ether oxygens (including phenoxy) is 3. The van der Waals surface area contributed by atoms with Crippen LogP contribution in [0.5, 0.6) is 5.75 Å². The number of hydrogen-bond donors (Lipinski definition) is 1. The van der Waals surface area contributed by atoms with Crippen molar-refractivity contribution in [3.63, 3.8) is 0 Å². The number of amides is 1. The van der Waals surface area contributed by atoms with Gasteiger partial charge in [0.2, 0.25) is 0 Å². The predicted molar refractivity (Wildman–Crippen MR) is 210 cm³/mol. The molecule has 11 nitrogen and oxygen atoms in total. The molecule has 0 saturated carbocycles. The highest BCUT2D eigenvalue weighted by atomic mass is 16.5. The van der Waals surface area contributed by atoms with Crippen LogP contribution in [0.2, 0.25) is 0 Å². The van der Waals surface area contributed by atoms with Crippen molar-refractivity contribution >= 4 is 29.5 Å². The molecule has 1 aliphatic heterocycles. The summed E-state index contributed by atoms with van der Waals surface area (Å²) in [5.41, 5.74) is 4.02. The second-order valence-electron chi connectivity index (χ2n) is 16.1. The molecule has 0 radical (unpaired) electrons. The number of nitrogens with zero attached hydrogens (tertiary/aromatic N) is 3. The van der Waals surface area contributed by atoms with Gasteiger partial charge in [-0.2, -0.15) is 0 Å². The summed E-state index contributed by atoms with van der Waals surface area (Å²) in [6.07, 6.45) is 2.35. The predicted octanol–water partition coefficient (Wildman–Crippen LogP) is 7.43. The molecule has 0 atom stereocenters. The first-order chi connectivity index (χ1) is 26.1. The van der Waals surface area contributed by atoms with Crippen molar-refractivity contribution < 1.29 is 33.4 Å². The van der Waals surface area contributed by atoms with E-state index in [2.05, 4.69) is 44.5 Å². The average Bonchev–Trinajstić information content (AvgIpc) is 3.16. The summed E-state index contributed by atoms with van der Waals surface area (Å²) in [6.45, 7) is 14.0. The van der Waals surface area contributed by atoms with Crippen molar-refractivity contribution in [2.45, 2.75) is 80.9 Å². The lowest BCUT2D eigenvalue weighted by molar-refractivity contribution is -0.154. The maximum absolute atomic E-state index is 13.5. The molecule has 1 saturated heterocycles. The van der Waals surface area contributed by atoms with Crippen LogP contribution in [0.1, 0.15) is 87.5 Å². The van der Waals surface area contributed by atoms with Gasteiger partial charge in [-0.3, -0.25) is 19.2 Å². The first kappa shape index (κ1) is 40.6. The number of nitrogens with one attached hydrogen (secondary N) is 1. The van der Waals surface area contributed by atoms with Crippen LogP contribution in [-0.2, 0) is 43.5 Å². The van der Waals surface area contributed by atoms with E-state index in [0.717, 1.165) is 53.9 Å². The zero-order valence-electron chi connectivity index (χ0n) is 32.9. The number of anilines is 1. The second-order valence-corrected chi connectivity index (χ2v) is 16.1. The second kappa shape index (κ2) is 17.7. The van der Waals surface area contributed by atoms with Gasteiger partial charge >= 0.3 is 17.9 Å². The van der Waals surface area contributed by atoms with Crippen LogP contribution in [0.15, 0.2) is 78.9 Å². The van der Waals surface area contributed by atoms with Gasteiger partial charge in [-0.25, -0.2) is 9.97 Å². The van der Waals surface area contributed by atoms with E-state index in [4.69, 9.17) is 14.2 Å². The van der Waals surface area contributed by atoms with Crippen LogP contribution in [0.25, 0.3) is 11.1 Å². The summed E-state index contributed by atoms with van der Waals surface area (Å²) in [5, 5.41) is 2.58. The first-order valence-corrected chi connectivity index (χ1v) is 18.8. The van der Waals surface area contributed by atoms with Gasteiger partial charge in [0.25, 0.3) is 5.91 Å². The van der Waals surface area contributed by atoms with Gasteiger partial charge in [0, 0.05) is 25.2 Å². The Morgan fingerprint density at radius 1 is 0.727 bits per heavy atom. The van der Waals surface area contributed by atoms with Crippen molar-refractivity contribution in [3.05, 3.63) is 107 Å². The summed E-state index contributed by atoms with van der Waals surface area (Å²) in [5.74, 6) is -1.28. The molecule has 0 aliphatic carbocycles. The van der Waals surface area contributed by atoms with Crippen LogP contribution in [0.3, 0.4) is 0 Å². The number of piperidine rings is 1. The van der Waals surface area contributed by atoms with Gasteiger partial charge in [0.05, 0.1) is 16.5 Å². The van der Waals surface area contributed by atoms with Gasteiger partial charge in [-0.15, -0.1) is 0 Å². The molecule has 1 aliphatic rings. The number of aryl methyl sites for hydroxylation is 1. The van der Waals surface area contributed by atoms with E-state index < -0.39 is 28.7 Å². The third kappa shape index (κ3) is 11.5. The molecule has 290 valence electrons. The fourth-order valence-electron chi connectivity index (χ4n) is 5.94. The maximum atomic E-state index is 13.5. The smallest absolute Gasteiger partial charge is 0.325 e. The Kier molecular flexibility index (Phi) is 13.1. The molecule has 5 rings (SSSR count). The summed E-state index contributed by atoms with van der Waals surface area (Å²) >= 11 is 0. The largest absolute Gasteiger partial charge is 0.460 e. The van der Waals surface area contributed by atoms with E-state index in [1.54, 1.807) is 27.7 Å². The number of hydrogen-bond acceptors (Lipinski definition) is 10. The van der Waals surface area contributed by atoms with Crippen LogP contribution in [0, 0.1) is 23.7 Å². The monoisotopic (exact) mass is 748 g/mol. The van der Waals surface area contributed by atoms with Crippen molar-refractivity contribution in [1.82, 2.24) is 15.3 Å². The van der Waals surface area contributed by atoms with Gasteiger partial charge in [-0.1, -0.05) is 66.7 Å². The van der Waals surface area contributed by atoms with Gasteiger partial charge < -0.3 is 24.4 Å². The maximum Gasteiger partial charge on any atom is 0.325 e. The Balaban J connectivity index is 1.18. The quantitative estimate of drug-likeness (QED) is 0.146. The lowest BCUT2D eigenvalue weighted by Gasteiger charge is -2.33. The SMILES string of the molecule is Cc1nc(CC2CCN(c3ccc(-c4ccc(COC(=O)C(C)(C)C)cc4)cc3)CC2)nc(C(=O)NCC(=O)OCc2ccccc2)c1OC(=O)C(C)(C)C. The summed E-state index contributed by atoms with van der Waals surface area (Å²) in [6, 6.07) is 25.8. The van der Waals surface area contributed by atoms with Gasteiger partial charge in [-0.05, 0) is 102 Å². The third-order valence-electron chi connectivity index (χ3n) is 9.33. The molecule has 55 heavy (non-hydrogen) atoms. The topological polar surface area (TPSA) is 137 Å². The number of rotatable bonds is 12. The van der Waals surface area contributed by atoms with E-state index in [1.807, 2.05) is 75.4 Å². The molecule has 1 fully saturated rings. The first-order valence-electron chi connectivity index (χ1n) is 18.8. The molecule has 0 bridgehead atoms. The fourth-order valence-corrected chi connectivity index (χ4v) is 5.94. The number of esters is 3. The van der Waals surface area contributed by atoms with Crippen LogP contribution >= 0.6 is 0 Å². The van der Waals surface area contributed by atoms with Crippen molar-refractivity contribution in [1.29, 1.82) is 0 Å². The molecule has 11 heteroatoms. The zero-order valence-corrected chi connectivity index (χ0v) is 32.9. The Hall–Kier alpha value is -5.58. The normalized spacial score (nSPS) is 13.5. The summed E-state index contributed by atoms with van der Waals surface area (Å²) in [4.78, 5) is 62.5. The van der Waals surface area contributed by atoms with Gasteiger partial charge in [0.15, 0.2) is 11.4 Å². The highest BCUT2D eigenvalue weighted by Gasteiger charge is 2.30. The minimum absolute atomic E-state index is 0.0189. The Labute approximate surface area is 323 Å². The molecule has 4 aromatic rings. The Bertz CT molecular complexity index is 1960. The molecule has 1 aromatic heterocycles. The van der Waals surface area contributed by atoms with E-state index in [9.17, 15) is 19.2 Å². The van der Waals surface area contributed by atoms with E-state index in [0.29, 0.717) is 17.9 Å². The highest BCUT2D eigenvalue weighted by molar-refractivity contribution is 5.97. The molecular formula is C44H52N4O7. The molecule has 1 N–H and O–H groups in total. The molecule has 0 unspecified atom stereocenters. The van der Waals surface area contributed by atoms with Crippen molar-refractivity contribution in [3.8, 4) is 16.9 Å².